The number of nitrogens with two attached hydrogens (primary N) is 1. The number of para-hydroxylation sites is 1. The highest BCUT2D eigenvalue weighted by atomic mass is 16.5. The standard InChI is InChI=1S/C11H17NO3/c1-3-15-11-8(9(12)7-13)5-4-6-10(11)14-2/h4-6,9,13H,3,7,12H2,1-2H3/t9-/m0/s1. The third-order valence-electron chi connectivity index (χ3n) is 2.11. The second kappa shape index (κ2) is 5.58. The molecule has 0 bridgehead atoms. The van der Waals surface area contributed by atoms with Gasteiger partial charge in [-0.05, 0) is 13.0 Å². The van der Waals surface area contributed by atoms with E-state index in [0.29, 0.717) is 18.1 Å². The number of ether oxygens (including phenoxy) is 2. The summed E-state index contributed by atoms with van der Waals surface area (Å²) in [5, 5.41) is 9.02. The van der Waals surface area contributed by atoms with Crippen LogP contribution in [0.1, 0.15) is 18.5 Å². The Morgan fingerprint density at radius 2 is 2.20 bits per heavy atom. The Balaban J connectivity index is 3.12. The fraction of sp³-hybridized carbons (Fsp3) is 0.455. The van der Waals surface area contributed by atoms with Crippen molar-refractivity contribution in [3.63, 3.8) is 0 Å². The number of aliphatic hydroxyl groups is 1. The van der Waals surface area contributed by atoms with E-state index in [1.54, 1.807) is 13.2 Å². The van der Waals surface area contributed by atoms with Gasteiger partial charge in [-0.25, -0.2) is 0 Å². The lowest BCUT2D eigenvalue weighted by atomic mass is 10.1. The molecule has 3 N–H and O–H groups in total. The van der Waals surface area contributed by atoms with E-state index in [2.05, 4.69) is 0 Å². The highest BCUT2D eigenvalue weighted by Gasteiger charge is 2.15. The van der Waals surface area contributed by atoms with E-state index in [4.69, 9.17) is 20.3 Å². The van der Waals surface area contributed by atoms with Crippen LogP contribution in [0.15, 0.2) is 18.2 Å². The Labute approximate surface area is 89.6 Å². The van der Waals surface area contributed by atoms with E-state index in [9.17, 15) is 0 Å². The summed E-state index contributed by atoms with van der Waals surface area (Å²) in [6, 6.07) is 5.01. The number of benzene rings is 1. The first-order chi connectivity index (χ1) is 7.24. The third-order valence-corrected chi connectivity index (χ3v) is 2.11. The summed E-state index contributed by atoms with van der Waals surface area (Å²) in [6.07, 6.45) is 0. The molecule has 0 aliphatic rings. The van der Waals surface area contributed by atoms with E-state index >= 15 is 0 Å². The zero-order valence-electron chi connectivity index (χ0n) is 9.06. The molecule has 15 heavy (non-hydrogen) atoms. The Morgan fingerprint density at radius 3 is 2.73 bits per heavy atom. The summed E-state index contributed by atoms with van der Waals surface area (Å²) in [5.41, 5.74) is 6.53. The summed E-state index contributed by atoms with van der Waals surface area (Å²) >= 11 is 0. The molecule has 84 valence electrons. The molecule has 4 nitrogen and oxygen atoms in total. The van der Waals surface area contributed by atoms with Crippen LogP contribution in [-0.2, 0) is 0 Å². The van der Waals surface area contributed by atoms with Gasteiger partial charge in [-0.15, -0.1) is 0 Å². The molecule has 0 saturated carbocycles. The van der Waals surface area contributed by atoms with Crippen LogP contribution >= 0.6 is 0 Å². The molecule has 4 heteroatoms. The number of hydrogen-bond donors (Lipinski definition) is 2. The Hall–Kier alpha value is -1.26. The predicted molar refractivity (Wildman–Crippen MR) is 58.2 cm³/mol. The fourth-order valence-corrected chi connectivity index (χ4v) is 1.38. The topological polar surface area (TPSA) is 64.7 Å². The number of rotatable bonds is 5. The second-order valence-corrected chi connectivity index (χ2v) is 3.10. The van der Waals surface area contributed by atoms with Gasteiger partial charge < -0.3 is 20.3 Å². The first kappa shape index (κ1) is 11.8. The molecule has 1 aromatic rings. The van der Waals surface area contributed by atoms with Crippen LogP contribution in [0.3, 0.4) is 0 Å². The summed E-state index contributed by atoms with van der Waals surface area (Å²) in [6.45, 7) is 2.31. The molecule has 0 fully saturated rings. The normalized spacial score (nSPS) is 12.3. The Kier molecular flexibility index (Phi) is 4.39. The average molecular weight is 211 g/mol. The average Bonchev–Trinajstić information content (AvgIpc) is 2.28. The number of methoxy groups -OCH3 is 1. The van der Waals surface area contributed by atoms with Gasteiger partial charge in [0.2, 0.25) is 0 Å². The molecule has 1 rings (SSSR count). The molecule has 0 radical (unpaired) electrons. The zero-order valence-corrected chi connectivity index (χ0v) is 9.06. The zero-order chi connectivity index (χ0) is 11.3. The minimum Gasteiger partial charge on any atom is -0.493 e. The monoisotopic (exact) mass is 211 g/mol. The maximum Gasteiger partial charge on any atom is 0.165 e. The lowest BCUT2D eigenvalue weighted by Gasteiger charge is -2.17. The summed E-state index contributed by atoms with van der Waals surface area (Å²) in [7, 11) is 1.58. The quantitative estimate of drug-likeness (QED) is 0.765. The van der Waals surface area contributed by atoms with E-state index < -0.39 is 6.04 Å². The van der Waals surface area contributed by atoms with Crippen LogP contribution in [-0.4, -0.2) is 25.4 Å². The molecule has 0 aromatic heterocycles. The highest BCUT2D eigenvalue weighted by molar-refractivity contribution is 5.48. The first-order valence-electron chi connectivity index (χ1n) is 4.90. The van der Waals surface area contributed by atoms with Crippen molar-refractivity contribution in [2.75, 3.05) is 20.3 Å². The van der Waals surface area contributed by atoms with Crippen LogP contribution in [0, 0.1) is 0 Å². The first-order valence-corrected chi connectivity index (χ1v) is 4.90. The smallest absolute Gasteiger partial charge is 0.165 e. The van der Waals surface area contributed by atoms with Gasteiger partial charge in [0.1, 0.15) is 0 Å². The molecule has 0 heterocycles. The van der Waals surface area contributed by atoms with Gasteiger partial charge in [0.15, 0.2) is 11.5 Å². The molecule has 1 aromatic carbocycles. The number of hydrogen-bond acceptors (Lipinski definition) is 4. The Morgan fingerprint density at radius 1 is 1.47 bits per heavy atom. The van der Waals surface area contributed by atoms with Crippen LogP contribution < -0.4 is 15.2 Å². The van der Waals surface area contributed by atoms with Gasteiger partial charge in [-0.3, -0.25) is 0 Å². The van der Waals surface area contributed by atoms with Crippen molar-refractivity contribution in [2.24, 2.45) is 5.73 Å². The van der Waals surface area contributed by atoms with Crippen molar-refractivity contribution >= 4 is 0 Å². The molecular formula is C11H17NO3. The Bertz CT molecular complexity index is 315. The second-order valence-electron chi connectivity index (χ2n) is 3.10. The van der Waals surface area contributed by atoms with Crippen LogP contribution in [0.5, 0.6) is 11.5 Å². The lowest BCUT2D eigenvalue weighted by molar-refractivity contribution is 0.258. The van der Waals surface area contributed by atoms with Gasteiger partial charge in [0.05, 0.1) is 26.4 Å². The van der Waals surface area contributed by atoms with Crippen molar-refractivity contribution in [2.45, 2.75) is 13.0 Å². The van der Waals surface area contributed by atoms with Gasteiger partial charge in [-0.2, -0.15) is 0 Å². The maximum atomic E-state index is 9.02. The van der Waals surface area contributed by atoms with Crippen molar-refractivity contribution in [1.82, 2.24) is 0 Å². The number of aliphatic hydroxyl groups excluding tert-OH is 1. The molecule has 0 saturated heterocycles. The summed E-state index contributed by atoms with van der Waals surface area (Å²) < 4.78 is 10.6. The van der Waals surface area contributed by atoms with Crippen molar-refractivity contribution in [3.05, 3.63) is 23.8 Å². The van der Waals surface area contributed by atoms with Gasteiger partial charge in [-0.1, -0.05) is 12.1 Å². The predicted octanol–water partition coefficient (Wildman–Crippen LogP) is 1.09. The van der Waals surface area contributed by atoms with Crippen LogP contribution in [0.25, 0.3) is 0 Å². The van der Waals surface area contributed by atoms with Crippen molar-refractivity contribution < 1.29 is 14.6 Å². The molecule has 0 aliphatic carbocycles. The van der Waals surface area contributed by atoms with E-state index in [1.165, 1.54) is 0 Å². The maximum absolute atomic E-state index is 9.02. The minimum atomic E-state index is -0.443. The van der Waals surface area contributed by atoms with E-state index in [-0.39, 0.29) is 6.61 Å². The summed E-state index contributed by atoms with van der Waals surface area (Å²) in [4.78, 5) is 0. The highest BCUT2D eigenvalue weighted by Crippen LogP contribution is 2.33. The molecular weight excluding hydrogens is 194 g/mol. The largest absolute Gasteiger partial charge is 0.493 e. The van der Waals surface area contributed by atoms with Crippen molar-refractivity contribution in [1.29, 1.82) is 0 Å². The molecule has 0 amide bonds. The van der Waals surface area contributed by atoms with Gasteiger partial charge >= 0.3 is 0 Å². The lowest BCUT2D eigenvalue weighted by Crippen LogP contribution is -2.16. The fourth-order valence-electron chi connectivity index (χ4n) is 1.38. The van der Waals surface area contributed by atoms with E-state index in [1.807, 2.05) is 19.1 Å². The van der Waals surface area contributed by atoms with Gasteiger partial charge in [0.25, 0.3) is 0 Å². The van der Waals surface area contributed by atoms with E-state index in [0.717, 1.165) is 5.56 Å². The SMILES string of the molecule is CCOc1c(OC)cccc1[C@@H](N)CO. The molecule has 0 aliphatic heterocycles. The summed E-state index contributed by atoms with van der Waals surface area (Å²) in [5.74, 6) is 1.25. The third kappa shape index (κ3) is 2.61. The molecule has 1 atom stereocenters. The minimum absolute atomic E-state index is 0.118. The van der Waals surface area contributed by atoms with Crippen LogP contribution in [0.2, 0.25) is 0 Å². The van der Waals surface area contributed by atoms with Crippen molar-refractivity contribution in [3.8, 4) is 11.5 Å². The molecule has 0 unspecified atom stereocenters. The van der Waals surface area contributed by atoms with Gasteiger partial charge in [0, 0.05) is 5.56 Å². The van der Waals surface area contributed by atoms with Crippen LogP contribution in [0.4, 0.5) is 0 Å². The molecule has 0 spiro atoms.